The van der Waals surface area contributed by atoms with Crippen molar-refractivity contribution in [1.29, 1.82) is 0 Å². The van der Waals surface area contributed by atoms with E-state index in [0.29, 0.717) is 22.9 Å². The van der Waals surface area contributed by atoms with E-state index in [2.05, 4.69) is 20.8 Å². The van der Waals surface area contributed by atoms with Crippen molar-refractivity contribution in [2.75, 3.05) is 0 Å². The minimum Gasteiger partial charge on any atom is -0.327 e. The van der Waals surface area contributed by atoms with E-state index in [0.717, 1.165) is 29.6 Å². The van der Waals surface area contributed by atoms with Gasteiger partial charge in [-0.15, -0.1) is 0 Å². The average Bonchev–Trinajstić information content (AvgIpc) is 3.27. The molecule has 0 aromatic heterocycles. The summed E-state index contributed by atoms with van der Waals surface area (Å²) >= 11 is 0. The maximum Gasteiger partial charge on any atom is 0.0124 e. The third-order valence-electron chi connectivity index (χ3n) is 9.60. The van der Waals surface area contributed by atoms with Crippen LogP contribution in [0.15, 0.2) is 0 Å². The molecular formula is C22H40N2. The lowest BCUT2D eigenvalue weighted by molar-refractivity contribution is 0.0790. The molecule has 0 amide bonds. The maximum atomic E-state index is 6.64. The molecular weight excluding hydrogens is 292 g/mol. The quantitative estimate of drug-likeness (QED) is 0.740. The van der Waals surface area contributed by atoms with Crippen LogP contribution >= 0.6 is 0 Å². The maximum absolute atomic E-state index is 6.64. The van der Waals surface area contributed by atoms with E-state index in [9.17, 15) is 0 Å². The molecule has 0 aromatic rings. The van der Waals surface area contributed by atoms with Crippen molar-refractivity contribution in [3.05, 3.63) is 0 Å². The molecule has 2 heteroatoms. The second-order valence-electron chi connectivity index (χ2n) is 10.6. The van der Waals surface area contributed by atoms with Crippen LogP contribution in [0.1, 0.15) is 85.0 Å². The Bertz CT molecular complexity index is 473. The Kier molecular flexibility index (Phi) is 4.32. The monoisotopic (exact) mass is 332 g/mol. The molecule has 138 valence electrons. The number of fused-ring (bicyclic) bond motifs is 4. The van der Waals surface area contributed by atoms with E-state index in [4.69, 9.17) is 11.5 Å². The SMILES string of the molecule is CCC[C@@]1(C)[C@@H]2C[C@@H](CC2CCCC2(C)[C@H]3CC[C@H](C3)[C@H]2N)[C@H]1N. The van der Waals surface area contributed by atoms with E-state index in [1.54, 1.807) is 0 Å². The molecule has 0 saturated heterocycles. The van der Waals surface area contributed by atoms with Gasteiger partial charge in [-0.3, -0.25) is 0 Å². The van der Waals surface area contributed by atoms with Crippen LogP contribution in [0.2, 0.25) is 0 Å². The Hall–Kier alpha value is -0.0800. The number of nitrogens with two attached hydrogens (primary N) is 2. The fourth-order valence-electron chi connectivity index (χ4n) is 8.13. The molecule has 0 spiro atoms. The van der Waals surface area contributed by atoms with Gasteiger partial charge in [0.05, 0.1) is 0 Å². The first-order chi connectivity index (χ1) is 11.4. The Morgan fingerprint density at radius 2 is 1.62 bits per heavy atom. The highest BCUT2D eigenvalue weighted by Gasteiger charge is 2.57. The molecule has 4 fully saturated rings. The Balaban J connectivity index is 1.34. The van der Waals surface area contributed by atoms with Gasteiger partial charge in [0.15, 0.2) is 0 Å². The summed E-state index contributed by atoms with van der Waals surface area (Å²) in [4.78, 5) is 0. The molecule has 24 heavy (non-hydrogen) atoms. The van der Waals surface area contributed by atoms with Crippen molar-refractivity contribution in [3.63, 3.8) is 0 Å². The van der Waals surface area contributed by atoms with Crippen LogP contribution < -0.4 is 11.5 Å². The van der Waals surface area contributed by atoms with Crippen molar-refractivity contribution in [1.82, 2.24) is 0 Å². The van der Waals surface area contributed by atoms with E-state index in [1.807, 2.05) is 0 Å². The fraction of sp³-hybridized carbons (Fsp3) is 1.00. The molecule has 4 N–H and O–H groups in total. The highest BCUT2D eigenvalue weighted by Crippen LogP contribution is 2.61. The van der Waals surface area contributed by atoms with Crippen molar-refractivity contribution in [3.8, 4) is 0 Å². The molecule has 4 rings (SSSR count). The van der Waals surface area contributed by atoms with Gasteiger partial charge in [0, 0.05) is 12.1 Å². The minimum absolute atomic E-state index is 0.426. The van der Waals surface area contributed by atoms with Gasteiger partial charge in [-0.05, 0) is 85.4 Å². The summed E-state index contributed by atoms with van der Waals surface area (Å²) in [7, 11) is 0. The standard InChI is InChI=1S/C22H40N2/c1-4-9-22(3)18-13-16(20(22)24)11-14(18)6-5-10-21(2)17-8-7-15(12-17)19(21)23/h14-20H,4-13,23-24H2,1-3H3/t14?,15-,16-,17+,18-,19-,20-,21?,22+/m1/s1. The third kappa shape index (κ3) is 2.35. The lowest BCUT2D eigenvalue weighted by Crippen LogP contribution is -2.47. The van der Waals surface area contributed by atoms with Crippen LogP contribution in [-0.2, 0) is 0 Å². The van der Waals surface area contributed by atoms with Crippen LogP contribution in [-0.4, -0.2) is 12.1 Å². The fourth-order valence-corrected chi connectivity index (χ4v) is 8.13. The highest BCUT2D eigenvalue weighted by molar-refractivity contribution is 5.10. The molecule has 0 aliphatic heterocycles. The zero-order chi connectivity index (χ0) is 17.1. The summed E-state index contributed by atoms with van der Waals surface area (Å²) < 4.78 is 0. The average molecular weight is 333 g/mol. The Morgan fingerprint density at radius 3 is 2.25 bits per heavy atom. The van der Waals surface area contributed by atoms with Crippen molar-refractivity contribution < 1.29 is 0 Å². The van der Waals surface area contributed by atoms with Gasteiger partial charge in [-0.2, -0.15) is 0 Å². The van der Waals surface area contributed by atoms with Crippen LogP contribution in [0.4, 0.5) is 0 Å². The summed E-state index contributed by atoms with van der Waals surface area (Å²) in [5.74, 6) is 4.44. The van der Waals surface area contributed by atoms with Gasteiger partial charge in [0.2, 0.25) is 0 Å². The zero-order valence-corrected chi connectivity index (χ0v) is 16.3. The Morgan fingerprint density at radius 1 is 0.875 bits per heavy atom. The molecule has 4 bridgehead atoms. The lowest BCUT2D eigenvalue weighted by atomic mass is 9.63. The normalized spacial score (nSPS) is 55.6. The summed E-state index contributed by atoms with van der Waals surface area (Å²) in [6.45, 7) is 7.35. The molecule has 0 heterocycles. The summed E-state index contributed by atoms with van der Waals surface area (Å²) in [6.07, 6.45) is 14.0. The van der Waals surface area contributed by atoms with Gasteiger partial charge in [0.25, 0.3) is 0 Å². The highest BCUT2D eigenvalue weighted by atomic mass is 14.8. The van der Waals surface area contributed by atoms with Gasteiger partial charge >= 0.3 is 0 Å². The first-order valence-electron chi connectivity index (χ1n) is 10.9. The third-order valence-corrected chi connectivity index (χ3v) is 9.60. The summed E-state index contributed by atoms with van der Waals surface area (Å²) in [5.41, 5.74) is 14.1. The molecule has 0 radical (unpaired) electrons. The van der Waals surface area contributed by atoms with Crippen LogP contribution in [0.5, 0.6) is 0 Å². The topological polar surface area (TPSA) is 52.0 Å². The van der Waals surface area contributed by atoms with Crippen molar-refractivity contribution >= 4 is 0 Å². The summed E-state index contributed by atoms with van der Waals surface area (Å²) in [6, 6.07) is 0.949. The van der Waals surface area contributed by atoms with Gasteiger partial charge in [0.1, 0.15) is 0 Å². The van der Waals surface area contributed by atoms with Crippen molar-refractivity contribution in [2.24, 2.45) is 51.9 Å². The van der Waals surface area contributed by atoms with Gasteiger partial charge in [-0.1, -0.05) is 40.0 Å². The largest absolute Gasteiger partial charge is 0.327 e. The van der Waals surface area contributed by atoms with E-state index < -0.39 is 0 Å². The Labute approximate surface area is 149 Å². The van der Waals surface area contributed by atoms with Crippen LogP contribution in [0.25, 0.3) is 0 Å². The van der Waals surface area contributed by atoms with E-state index in [-0.39, 0.29) is 0 Å². The van der Waals surface area contributed by atoms with E-state index >= 15 is 0 Å². The number of hydrogen-bond donors (Lipinski definition) is 2. The second kappa shape index (κ2) is 5.98. The van der Waals surface area contributed by atoms with Gasteiger partial charge < -0.3 is 11.5 Å². The summed E-state index contributed by atoms with van der Waals surface area (Å²) in [5, 5.41) is 0. The first-order valence-corrected chi connectivity index (χ1v) is 10.9. The molecule has 4 aliphatic rings. The minimum atomic E-state index is 0.426. The van der Waals surface area contributed by atoms with Crippen LogP contribution in [0.3, 0.4) is 0 Å². The molecule has 0 aromatic carbocycles. The number of rotatable bonds is 6. The smallest absolute Gasteiger partial charge is 0.0124 e. The predicted molar refractivity (Wildman–Crippen MR) is 101 cm³/mol. The van der Waals surface area contributed by atoms with Crippen LogP contribution in [0, 0.1) is 40.4 Å². The molecule has 2 nitrogen and oxygen atoms in total. The van der Waals surface area contributed by atoms with Crippen molar-refractivity contribution in [2.45, 2.75) is 97.1 Å². The molecule has 9 atom stereocenters. The molecule has 4 aliphatic carbocycles. The molecule has 4 saturated carbocycles. The second-order valence-corrected chi connectivity index (χ2v) is 10.6. The molecule has 2 unspecified atom stereocenters. The lowest BCUT2D eigenvalue weighted by Gasteiger charge is -2.44. The van der Waals surface area contributed by atoms with Gasteiger partial charge in [-0.25, -0.2) is 0 Å². The van der Waals surface area contributed by atoms with E-state index in [1.165, 1.54) is 64.2 Å². The zero-order valence-electron chi connectivity index (χ0n) is 16.3. The first kappa shape index (κ1) is 17.3. The predicted octanol–water partition coefficient (Wildman–Crippen LogP) is 4.71. The number of hydrogen-bond acceptors (Lipinski definition) is 2.